The summed E-state index contributed by atoms with van der Waals surface area (Å²) in [5.41, 5.74) is 0. The highest BCUT2D eigenvalue weighted by molar-refractivity contribution is 14.0. The van der Waals surface area contributed by atoms with E-state index in [1.54, 1.807) is 0 Å². The minimum atomic E-state index is 0. The Morgan fingerprint density at radius 2 is 1.81 bits per heavy atom. The number of hydrogen-bond donors (Lipinski definition) is 2. The Hall–Kier alpha value is -0.0400. The molecule has 1 aliphatic rings. The van der Waals surface area contributed by atoms with Crippen LogP contribution in [0.4, 0.5) is 0 Å². The predicted molar refractivity (Wildman–Crippen MR) is 104 cm³/mol. The maximum Gasteiger partial charge on any atom is 0.191 e. The summed E-state index contributed by atoms with van der Waals surface area (Å²) in [5.74, 6) is 1.68. The predicted octanol–water partition coefficient (Wildman–Crippen LogP) is 3.08. The van der Waals surface area contributed by atoms with Crippen LogP contribution in [0.5, 0.6) is 0 Å². The summed E-state index contributed by atoms with van der Waals surface area (Å²) in [6.45, 7) is 12.2. The lowest BCUT2D eigenvalue weighted by molar-refractivity contribution is 0.215. The minimum Gasteiger partial charge on any atom is -0.356 e. The van der Waals surface area contributed by atoms with E-state index in [9.17, 15) is 0 Å². The van der Waals surface area contributed by atoms with Gasteiger partial charge in [-0.15, -0.1) is 24.0 Å². The average Bonchev–Trinajstić information content (AvgIpc) is 3.26. The van der Waals surface area contributed by atoms with Crippen LogP contribution >= 0.6 is 24.0 Å². The maximum absolute atomic E-state index is 4.31. The van der Waals surface area contributed by atoms with Crippen molar-refractivity contribution in [1.29, 1.82) is 0 Å². The first-order valence-corrected chi connectivity index (χ1v) is 8.32. The summed E-state index contributed by atoms with van der Waals surface area (Å²) in [6.07, 6.45) is 5.20. The number of rotatable bonds is 9. The van der Waals surface area contributed by atoms with Crippen LogP contribution in [0, 0.1) is 5.92 Å². The Morgan fingerprint density at radius 3 is 2.24 bits per heavy atom. The van der Waals surface area contributed by atoms with Gasteiger partial charge in [-0.05, 0) is 32.6 Å². The molecule has 0 aromatic rings. The largest absolute Gasteiger partial charge is 0.356 e. The summed E-state index contributed by atoms with van der Waals surface area (Å²) in [4.78, 5) is 6.91. The van der Waals surface area contributed by atoms with Crippen LogP contribution in [-0.2, 0) is 0 Å². The summed E-state index contributed by atoms with van der Waals surface area (Å²) in [5, 5.41) is 6.88. The molecule has 1 rings (SSSR count). The normalized spacial score (nSPS) is 15.5. The second kappa shape index (κ2) is 11.5. The molecule has 1 aliphatic carbocycles. The number of nitrogens with zero attached hydrogens (tertiary/aromatic N) is 2. The Labute approximate surface area is 148 Å². The van der Waals surface area contributed by atoms with Gasteiger partial charge in [-0.3, -0.25) is 9.89 Å². The first-order chi connectivity index (χ1) is 9.62. The molecule has 0 aliphatic heterocycles. The summed E-state index contributed by atoms with van der Waals surface area (Å²) < 4.78 is 0. The van der Waals surface area contributed by atoms with Crippen LogP contribution in [0.2, 0.25) is 0 Å². The van der Waals surface area contributed by atoms with E-state index in [1.807, 2.05) is 7.05 Å². The van der Waals surface area contributed by atoms with Crippen molar-refractivity contribution in [3.8, 4) is 0 Å². The van der Waals surface area contributed by atoms with E-state index >= 15 is 0 Å². The van der Waals surface area contributed by atoms with Gasteiger partial charge < -0.3 is 10.6 Å². The van der Waals surface area contributed by atoms with Crippen LogP contribution in [0.3, 0.4) is 0 Å². The van der Waals surface area contributed by atoms with Gasteiger partial charge in [-0.1, -0.05) is 26.7 Å². The highest BCUT2D eigenvalue weighted by Gasteiger charge is 2.30. The van der Waals surface area contributed by atoms with E-state index in [1.165, 1.54) is 25.7 Å². The van der Waals surface area contributed by atoms with E-state index in [4.69, 9.17) is 0 Å². The number of hydrogen-bond acceptors (Lipinski definition) is 2. The van der Waals surface area contributed by atoms with Crippen LogP contribution < -0.4 is 10.6 Å². The lowest BCUT2D eigenvalue weighted by Gasteiger charge is -2.26. The summed E-state index contributed by atoms with van der Waals surface area (Å²) >= 11 is 0. The third-order valence-corrected chi connectivity index (χ3v) is 4.28. The molecule has 0 unspecified atom stereocenters. The van der Waals surface area contributed by atoms with Gasteiger partial charge in [0.05, 0.1) is 0 Å². The fourth-order valence-corrected chi connectivity index (χ4v) is 2.61. The first-order valence-electron chi connectivity index (χ1n) is 8.32. The molecule has 1 saturated carbocycles. The standard InChI is InChI=1S/C16H34N4.HI/c1-6-14(7-2)12-19-16(17-5)18-10-11-20(13(3)4)15-8-9-15;/h13-15H,6-12H2,1-5H3,(H2,17,18,19);1H. The Balaban J connectivity index is 0.00000400. The van der Waals surface area contributed by atoms with Gasteiger partial charge in [-0.2, -0.15) is 0 Å². The molecule has 0 amide bonds. The van der Waals surface area contributed by atoms with Crippen molar-refractivity contribution in [3.63, 3.8) is 0 Å². The monoisotopic (exact) mass is 410 g/mol. The van der Waals surface area contributed by atoms with E-state index in [0.29, 0.717) is 6.04 Å². The number of aliphatic imine (C=N–C) groups is 1. The average molecular weight is 410 g/mol. The van der Waals surface area contributed by atoms with Crippen molar-refractivity contribution in [2.45, 2.75) is 65.5 Å². The molecular formula is C16H35IN4. The molecule has 0 atom stereocenters. The van der Waals surface area contributed by atoms with Gasteiger partial charge in [0.2, 0.25) is 0 Å². The first kappa shape index (κ1) is 21.0. The van der Waals surface area contributed by atoms with Crippen molar-refractivity contribution in [2.75, 3.05) is 26.7 Å². The fraction of sp³-hybridized carbons (Fsp3) is 0.938. The van der Waals surface area contributed by atoms with Gasteiger partial charge in [-0.25, -0.2) is 0 Å². The molecule has 5 heteroatoms. The van der Waals surface area contributed by atoms with Gasteiger partial charge in [0.15, 0.2) is 5.96 Å². The zero-order valence-electron chi connectivity index (χ0n) is 14.5. The highest BCUT2D eigenvalue weighted by Crippen LogP contribution is 2.27. The van der Waals surface area contributed by atoms with Crippen molar-refractivity contribution in [2.24, 2.45) is 10.9 Å². The third-order valence-electron chi connectivity index (χ3n) is 4.28. The quantitative estimate of drug-likeness (QED) is 0.349. The van der Waals surface area contributed by atoms with Gasteiger partial charge in [0, 0.05) is 38.8 Å². The van der Waals surface area contributed by atoms with Gasteiger partial charge in [0.1, 0.15) is 0 Å². The Bertz CT molecular complexity index is 284. The number of nitrogens with one attached hydrogen (secondary N) is 2. The number of halogens is 1. The minimum absolute atomic E-state index is 0. The molecule has 0 bridgehead atoms. The zero-order chi connectivity index (χ0) is 15.0. The topological polar surface area (TPSA) is 39.7 Å². The number of guanidine groups is 1. The van der Waals surface area contributed by atoms with Crippen molar-refractivity contribution >= 4 is 29.9 Å². The van der Waals surface area contributed by atoms with E-state index < -0.39 is 0 Å². The Morgan fingerprint density at radius 1 is 1.19 bits per heavy atom. The molecule has 2 N–H and O–H groups in total. The molecule has 4 nitrogen and oxygen atoms in total. The molecule has 0 aromatic carbocycles. The van der Waals surface area contributed by atoms with Crippen LogP contribution in [0.1, 0.15) is 53.4 Å². The second-order valence-corrected chi connectivity index (χ2v) is 6.13. The van der Waals surface area contributed by atoms with Crippen molar-refractivity contribution in [1.82, 2.24) is 15.5 Å². The molecule has 0 saturated heterocycles. The third kappa shape index (κ3) is 8.24. The molecule has 0 spiro atoms. The SMILES string of the molecule is CCC(CC)CNC(=NC)NCCN(C(C)C)C1CC1.I. The van der Waals surface area contributed by atoms with Crippen LogP contribution in [0.15, 0.2) is 4.99 Å². The molecular weight excluding hydrogens is 375 g/mol. The molecule has 0 radical (unpaired) electrons. The van der Waals surface area contributed by atoms with Crippen LogP contribution in [-0.4, -0.2) is 49.6 Å². The van der Waals surface area contributed by atoms with Crippen molar-refractivity contribution in [3.05, 3.63) is 0 Å². The molecule has 1 fully saturated rings. The van der Waals surface area contributed by atoms with E-state index in [0.717, 1.165) is 37.6 Å². The maximum atomic E-state index is 4.31. The molecule has 0 aromatic heterocycles. The molecule has 0 heterocycles. The van der Waals surface area contributed by atoms with Crippen molar-refractivity contribution < 1.29 is 0 Å². The Kier molecular flexibility index (Phi) is 11.5. The molecule has 21 heavy (non-hydrogen) atoms. The fourth-order valence-electron chi connectivity index (χ4n) is 2.61. The van der Waals surface area contributed by atoms with Gasteiger partial charge >= 0.3 is 0 Å². The summed E-state index contributed by atoms with van der Waals surface area (Å²) in [7, 11) is 1.85. The smallest absolute Gasteiger partial charge is 0.191 e. The highest BCUT2D eigenvalue weighted by atomic mass is 127. The summed E-state index contributed by atoms with van der Waals surface area (Å²) in [6, 6.07) is 1.47. The lowest BCUT2D eigenvalue weighted by Crippen LogP contribution is -2.44. The zero-order valence-corrected chi connectivity index (χ0v) is 16.8. The van der Waals surface area contributed by atoms with Crippen LogP contribution in [0.25, 0.3) is 0 Å². The van der Waals surface area contributed by atoms with Gasteiger partial charge in [0.25, 0.3) is 0 Å². The lowest BCUT2D eigenvalue weighted by atomic mass is 10.0. The van der Waals surface area contributed by atoms with E-state index in [-0.39, 0.29) is 24.0 Å². The van der Waals surface area contributed by atoms with E-state index in [2.05, 4.69) is 48.2 Å². The molecule has 126 valence electrons. The second-order valence-electron chi connectivity index (χ2n) is 6.13.